The van der Waals surface area contributed by atoms with E-state index in [-0.39, 0.29) is 5.91 Å². The van der Waals surface area contributed by atoms with Crippen molar-refractivity contribution in [3.8, 4) is 0 Å². The molecule has 0 bridgehead atoms. The van der Waals surface area contributed by atoms with E-state index in [1.807, 2.05) is 19.9 Å². The molecule has 3 N–H and O–H groups in total. The van der Waals surface area contributed by atoms with E-state index in [4.69, 9.17) is 5.84 Å². The van der Waals surface area contributed by atoms with E-state index in [0.29, 0.717) is 11.6 Å². The Morgan fingerprint density at radius 2 is 2.20 bits per heavy atom. The minimum absolute atomic E-state index is 0.224. The van der Waals surface area contributed by atoms with Crippen molar-refractivity contribution >= 4 is 5.91 Å². The van der Waals surface area contributed by atoms with Gasteiger partial charge in [-0.25, -0.2) is 5.84 Å². The molecule has 1 aromatic rings. The van der Waals surface area contributed by atoms with Crippen molar-refractivity contribution in [3.05, 3.63) is 23.0 Å². The first kappa shape index (κ1) is 11.8. The molecular formula is C11H19N3O. The lowest BCUT2D eigenvalue weighted by molar-refractivity contribution is 0.0953. The highest BCUT2D eigenvalue weighted by molar-refractivity contribution is 5.95. The molecule has 4 nitrogen and oxygen atoms in total. The summed E-state index contributed by atoms with van der Waals surface area (Å²) in [5.41, 5.74) is 4.90. The quantitative estimate of drug-likeness (QED) is 0.452. The van der Waals surface area contributed by atoms with Crippen LogP contribution < -0.4 is 11.3 Å². The molecule has 1 amide bonds. The zero-order valence-corrected chi connectivity index (χ0v) is 9.79. The van der Waals surface area contributed by atoms with Crippen LogP contribution in [0.2, 0.25) is 0 Å². The average Bonchev–Trinajstić information content (AvgIpc) is 2.52. The minimum Gasteiger partial charge on any atom is -0.346 e. The molecule has 0 aliphatic carbocycles. The molecule has 0 saturated heterocycles. The number of amides is 1. The van der Waals surface area contributed by atoms with Gasteiger partial charge in [0.2, 0.25) is 0 Å². The van der Waals surface area contributed by atoms with E-state index in [9.17, 15) is 4.79 Å². The summed E-state index contributed by atoms with van der Waals surface area (Å²) in [5.74, 6) is 4.91. The molecule has 1 atom stereocenters. The average molecular weight is 209 g/mol. The number of rotatable bonds is 3. The Hall–Kier alpha value is -1.29. The van der Waals surface area contributed by atoms with Crippen LogP contribution in [0.5, 0.6) is 0 Å². The van der Waals surface area contributed by atoms with Crippen LogP contribution in [0.25, 0.3) is 0 Å². The largest absolute Gasteiger partial charge is 0.346 e. The Morgan fingerprint density at radius 3 is 2.67 bits per heavy atom. The molecule has 1 heterocycles. The van der Waals surface area contributed by atoms with Gasteiger partial charge >= 0.3 is 0 Å². The van der Waals surface area contributed by atoms with Gasteiger partial charge in [-0.2, -0.15) is 0 Å². The summed E-state index contributed by atoms with van der Waals surface area (Å²) in [4.78, 5) is 11.5. The van der Waals surface area contributed by atoms with Crippen molar-refractivity contribution in [2.45, 2.75) is 40.2 Å². The second-order valence-corrected chi connectivity index (χ2v) is 3.89. The number of nitrogens with zero attached hydrogens (tertiary/aromatic N) is 1. The molecule has 15 heavy (non-hydrogen) atoms. The van der Waals surface area contributed by atoms with Crippen LogP contribution in [0.4, 0.5) is 0 Å². The SMILES string of the molecule is CCC(C)n1c(C)cc(C(=O)NN)c1C. The van der Waals surface area contributed by atoms with Gasteiger partial charge in [0.15, 0.2) is 0 Å². The predicted molar refractivity (Wildman–Crippen MR) is 60.6 cm³/mol. The fraction of sp³-hybridized carbons (Fsp3) is 0.545. The maximum Gasteiger partial charge on any atom is 0.267 e. The first-order chi connectivity index (χ1) is 7.02. The lowest BCUT2D eigenvalue weighted by Gasteiger charge is -2.16. The number of aromatic nitrogens is 1. The highest BCUT2D eigenvalue weighted by Gasteiger charge is 2.16. The summed E-state index contributed by atoms with van der Waals surface area (Å²) in [5, 5.41) is 0. The fourth-order valence-electron chi connectivity index (χ4n) is 1.95. The van der Waals surface area contributed by atoms with Crippen LogP contribution in [0.15, 0.2) is 6.07 Å². The first-order valence-electron chi connectivity index (χ1n) is 5.22. The molecule has 0 saturated carbocycles. The standard InChI is InChI=1S/C11H19N3O/c1-5-7(2)14-8(3)6-10(9(14)4)11(15)13-12/h6-7H,5,12H2,1-4H3,(H,13,15). The van der Waals surface area contributed by atoms with Gasteiger partial charge in [0.05, 0.1) is 5.56 Å². The molecule has 1 unspecified atom stereocenters. The van der Waals surface area contributed by atoms with Crippen LogP contribution in [0.1, 0.15) is 48.1 Å². The molecule has 84 valence electrons. The molecule has 0 spiro atoms. The normalized spacial score (nSPS) is 12.6. The second-order valence-electron chi connectivity index (χ2n) is 3.89. The molecule has 0 aliphatic rings. The summed E-state index contributed by atoms with van der Waals surface area (Å²) in [6, 6.07) is 2.29. The third kappa shape index (κ3) is 2.04. The van der Waals surface area contributed by atoms with E-state index in [2.05, 4.69) is 23.8 Å². The van der Waals surface area contributed by atoms with Gasteiger partial charge in [-0.05, 0) is 33.3 Å². The zero-order chi connectivity index (χ0) is 11.6. The highest BCUT2D eigenvalue weighted by atomic mass is 16.2. The Bertz CT molecular complexity index is 368. The number of nitrogens with two attached hydrogens (primary N) is 1. The maximum atomic E-state index is 11.5. The third-order valence-corrected chi connectivity index (χ3v) is 2.89. The van der Waals surface area contributed by atoms with Gasteiger partial charge in [0, 0.05) is 17.4 Å². The number of nitrogen functional groups attached to an aromatic ring is 1. The molecule has 0 radical (unpaired) electrons. The molecule has 1 rings (SSSR count). The van der Waals surface area contributed by atoms with E-state index in [1.165, 1.54) is 0 Å². The minimum atomic E-state index is -0.224. The van der Waals surface area contributed by atoms with E-state index < -0.39 is 0 Å². The third-order valence-electron chi connectivity index (χ3n) is 2.89. The van der Waals surface area contributed by atoms with Crippen molar-refractivity contribution in [3.63, 3.8) is 0 Å². The summed E-state index contributed by atoms with van der Waals surface area (Å²) in [6.45, 7) is 8.23. The van der Waals surface area contributed by atoms with E-state index in [1.54, 1.807) is 0 Å². The van der Waals surface area contributed by atoms with Crippen LogP contribution in [0, 0.1) is 13.8 Å². The number of hydrazine groups is 1. The monoisotopic (exact) mass is 209 g/mol. The van der Waals surface area contributed by atoms with Gasteiger partial charge in [0.25, 0.3) is 5.91 Å². The molecule has 0 fully saturated rings. The summed E-state index contributed by atoms with van der Waals surface area (Å²) < 4.78 is 2.17. The summed E-state index contributed by atoms with van der Waals surface area (Å²) >= 11 is 0. The van der Waals surface area contributed by atoms with Crippen LogP contribution in [-0.2, 0) is 0 Å². The number of carbonyl (C=O) groups is 1. The Labute approximate surface area is 90.4 Å². The smallest absolute Gasteiger partial charge is 0.267 e. The van der Waals surface area contributed by atoms with Crippen molar-refractivity contribution in [1.29, 1.82) is 0 Å². The van der Waals surface area contributed by atoms with Crippen molar-refractivity contribution in [2.75, 3.05) is 0 Å². The van der Waals surface area contributed by atoms with E-state index in [0.717, 1.165) is 17.8 Å². The fourth-order valence-corrected chi connectivity index (χ4v) is 1.95. The highest BCUT2D eigenvalue weighted by Crippen LogP contribution is 2.21. The topological polar surface area (TPSA) is 60.0 Å². The second kappa shape index (κ2) is 4.49. The Balaban J connectivity index is 3.20. The van der Waals surface area contributed by atoms with Crippen molar-refractivity contribution in [2.24, 2.45) is 5.84 Å². The molecule has 0 aromatic carbocycles. The lowest BCUT2D eigenvalue weighted by atomic mass is 10.2. The maximum absolute atomic E-state index is 11.5. The van der Waals surface area contributed by atoms with Gasteiger partial charge in [-0.1, -0.05) is 6.92 Å². The number of hydrogen-bond acceptors (Lipinski definition) is 2. The van der Waals surface area contributed by atoms with Gasteiger partial charge in [-0.15, -0.1) is 0 Å². The van der Waals surface area contributed by atoms with Gasteiger partial charge in [0.1, 0.15) is 0 Å². The number of nitrogens with one attached hydrogen (secondary N) is 1. The van der Waals surface area contributed by atoms with Crippen LogP contribution >= 0.6 is 0 Å². The summed E-state index contributed by atoms with van der Waals surface area (Å²) in [7, 11) is 0. The summed E-state index contributed by atoms with van der Waals surface area (Å²) in [6.07, 6.45) is 1.04. The molecular weight excluding hydrogens is 190 g/mol. The van der Waals surface area contributed by atoms with Crippen molar-refractivity contribution < 1.29 is 4.79 Å². The first-order valence-corrected chi connectivity index (χ1v) is 5.22. The number of carbonyl (C=O) groups excluding carboxylic acids is 1. The zero-order valence-electron chi connectivity index (χ0n) is 9.79. The number of hydrogen-bond donors (Lipinski definition) is 2. The van der Waals surface area contributed by atoms with Gasteiger partial charge < -0.3 is 4.57 Å². The Kier molecular flexibility index (Phi) is 3.52. The van der Waals surface area contributed by atoms with Crippen LogP contribution in [0.3, 0.4) is 0 Å². The number of aryl methyl sites for hydroxylation is 1. The van der Waals surface area contributed by atoms with Crippen LogP contribution in [-0.4, -0.2) is 10.5 Å². The molecule has 0 aliphatic heterocycles. The molecule has 1 aromatic heterocycles. The Morgan fingerprint density at radius 1 is 1.60 bits per heavy atom. The lowest BCUT2D eigenvalue weighted by Crippen LogP contribution is -2.30. The molecule has 4 heteroatoms. The van der Waals surface area contributed by atoms with Gasteiger partial charge in [-0.3, -0.25) is 10.2 Å². The van der Waals surface area contributed by atoms with E-state index >= 15 is 0 Å². The predicted octanol–water partition coefficient (Wildman–Crippen LogP) is 1.68. The van der Waals surface area contributed by atoms with Crippen molar-refractivity contribution in [1.82, 2.24) is 9.99 Å².